The van der Waals surface area contributed by atoms with Crippen molar-refractivity contribution in [3.05, 3.63) is 66.1 Å². The molecule has 0 spiro atoms. The summed E-state index contributed by atoms with van der Waals surface area (Å²) in [7, 11) is 3.96. The minimum absolute atomic E-state index is 0.0683. The molecule has 0 radical (unpaired) electrons. The van der Waals surface area contributed by atoms with Crippen LogP contribution in [0.4, 0.5) is 5.69 Å². The van der Waals surface area contributed by atoms with Crippen molar-refractivity contribution in [1.29, 1.82) is 0 Å². The van der Waals surface area contributed by atoms with Crippen molar-refractivity contribution < 1.29 is 4.79 Å². The zero-order valence-electron chi connectivity index (χ0n) is 15.7. The monoisotopic (exact) mass is 361 g/mol. The lowest BCUT2D eigenvalue weighted by atomic mass is 10.1. The molecule has 27 heavy (non-hydrogen) atoms. The van der Waals surface area contributed by atoms with Gasteiger partial charge in [0.05, 0.1) is 17.9 Å². The second-order valence-electron chi connectivity index (χ2n) is 7.00. The van der Waals surface area contributed by atoms with E-state index in [2.05, 4.69) is 11.1 Å². The first-order chi connectivity index (χ1) is 13.1. The number of anilines is 1. The molecule has 138 valence electrons. The van der Waals surface area contributed by atoms with Crippen LogP contribution in [-0.4, -0.2) is 46.2 Å². The number of amides is 1. The molecule has 0 fully saturated rings. The molecule has 1 aliphatic rings. The highest BCUT2D eigenvalue weighted by Gasteiger charge is 2.22. The average molecular weight is 361 g/mol. The predicted molar refractivity (Wildman–Crippen MR) is 106 cm³/mol. The van der Waals surface area contributed by atoms with E-state index in [1.807, 2.05) is 65.0 Å². The number of fused-ring (bicyclic) bond motifs is 1. The molecule has 1 aromatic carbocycles. The van der Waals surface area contributed by atoms with Gasteiger partial charge in [-0.3, -0.25) is 14.5 Å². The van der Waals surface area contributed by atoms with E-state index in [-0.39, 0.29) is 5.91 Å². The van der Waals surface area contributed by atoms with Gasteiger partial charge in [0, 0.05) is 56.4 Å². The number of rotatable bonds is 3. The lowest BCUT2D eigenvalue weighted by Crippen LogP contribution is -2.30. The van der Waals surface area contributed by atoms with Crippen molar-refractivity contribution >= 4 is 11.6 Å². The standard InChI is InChI=1S/C21H23N5O/c1-24(2)18-6-3-5-17(13-18)21(27)25-11-4-12-26-19(15-25)14-20(23-26)16-7-9-22-10-8-16/h3,5-10,13-14H,4,11-12,15H2,1-2H3. The number of carbonyl (C=O) groups is 1. The van der Waals surface area contributed by atoms with Crippen LogP contribution in [0.25, 0.3) is 11.3 Å². The molecule has 6 nitrogen and oxygen atoms in total. The quantitative estimate of drug-likeness (QED) is 0.719. The van der Waals surface area contributed by atoms with Crippen LogP contribution in [0, 0.1) is 0 Å². The van der Waals surface area contributed by atoms with Gasteiger partial charge in [-0.05, 0) is 42.8 Å². The van der Waals surface area contributed by atoms with Gasteiger partial charge in [-0.1, -0.05) is 6.07 Å². The molecule has 0 aliphatic carbocycles. The van der Waals surface area contributed by atoms with Crippen LogP contribution in [0.3, 0.4) is 0 Å². The number of aromatic nitrogens is 3. The van der Waals surface area contributed by atoms with Gasteiger partial charge in [0.25, 0.3) is 5.91 Å². The van der Waals surface area contributed by atoms with Gasteiger partial charge in [-0.2, -0.15) is 5.10 Å². The van der Waals surface area contributed by atoms with Gasteiger partial charge in [0.2, 0.25) is 0 Å². The summed E-state index contributed by atoms with van der Waals surface area (Å²) in [6.45, 7) is 2.13. The van der Waals surface area contributed by atoms with E-state index in [0.717, 1.165) is 47.7 Å². The highest BCUT2D eigenvalue weighted by Crippen LogP contribution is 2.23. The van der Waals surface area contributed by atoms with Crippen LogP contribution < -0.4 is 4.90 Å². The minimum Gasteiger partial charge on any atom is -0.378 e. The number of carbonyl (C=O) groups excluding carboxylic acids is 1. The van der Waals surface area contributed by atoms with Gasteiger partial charge in [-0.15, -0.1) is 0 Å². The van der Waals surface area contributed by atoms with E-state index in [4.69, 9.17) is 5.10 Å². The molecule has 2 aromatic heterocycles. The molecule has 3 aromatic rings. The fourth-order valence-electron chi connectivity index (χ4n) is 3.40. The zero-order chi connectivity index (χ0) is 18.8. The Hall–Kier alpha value is -3.15. The summed E-state index contributed by atoms with van der Waals surface area (Å²) in [6.07, 6.45) is 4.44. The smallest absolute Gasteiger partial charge is 0.254 e. The Kier molecular flexibility index (Phi) is 4.62. The van der Waals surface area contributed by atoms with Crippen molar-refractivity contribution in [2.75, 3.05) is 25.5 Å². The normalized spacial score (nSPS) is 13.8. The maximum atomic E-state index is 13.1. The summed E-state index contributed by atoms with van der Waals surface area (Å²) in [5.41, 5.74) is 4.79. The summed E-state index contributed by atoms with van der Waals surface area (Å²) in [4.78, 5) is 21.1. The third-order valence-electron chi connectivity index (χ3n) is 4.89. The van der Waals surface area contributed by atoms with Crippen molar-refractivity contribution in [2.45, 2.75) is 19.5 Å². The minimum atomic E-state index is 0.0683. The van der Waals surface area contributed by atoms with Crippen LogP contribution in [0.15, 0.2) is 54.9 Å². The third-order valence-corrected chi connectivity index (χ3v) is 4.89. The molecule has 0 atom stereocenters. The largest absolute Gasteiger partial charge is 0.378 e. The molecule has 1 aliphatic heterocycles. The Balaban J connectivity index is 1.59. The van der Waals surface area contributed by atoms with Gasteiger partial charge >= 0.3 is 0 Å². The lowest BCUT2D eigenvalue weighted by Gasteiger charge is -2.21. The molecule has 6 heteroatoms. The van der Waals surface area contributed by atoms with E-state index in [1.165, 1.54) is 0 Å². The van der Waals surface area contributed by atoms with Gasteiger partial charge < -0.3 is 9.80 Å². The summed E-state index contributed by atoms with van der Waals surface area (Å²) >= 11 is 0. The topological polar surface area (TPSA) is 54.3 Å². The fraction of sp³-hybridized carbons (Fsp3) is 0.286. The van der Waals surface area contributed by atoms with Crippen molar-refractivity contribution in [3.63, 3.8) is 0 Å². The summed E-state index contributed by atoms with van der Waals surface area (Å²) in [6, 6.07) is 13.8. The van der Waals surface area contributed by atoms with E-state index in [1.54, 1.807) is 12.4 Å². The zero-order valence-corrected chi connectivity index (χ0v) is 15.7. The van der Waals surface area contributed by atoms with Crippen molar-refractivity contribution in [2.24, 2.45) is 0 Å². The van der Waals surface area contributed by atoms with E-state index < -0.39 is 0 Å². The summed E-state index contributed by atoms with van der Waals surface area (Å²) < 4.78 is 2.03. The van der Waals surface area contributed by atoms with Gasteiger partial charge in [0.1, 0.15) is 0 Å². The molecule has 0 N–H and O–H groups in total. The van der Waals surface area contributed by atoms with Gasteiger partial charge in [-0.25, -0.2) is 0 Å². The predicted octanol–water partition coefficient (Wildman–Crippen LogP) is 3.06. The van der Waals surface area contributed by atoms with Crippen LogP contribution in [0.1, 0.15) is 22.5 Å². The maximum absolute atomic E-state index is 13.1. The second kappa shape index (κ2) is 7.23. The first kappa shape index (κ1) is 17.3. The number of aryl methyl sites for hydroxylation is 1. The molecule has 1 amide bonds. The van der Waals surface area contributed by atoms with E-state index in [9.17, 15) is 4.79 Å². The summed E-state index contributed by atoms with van der Waals surface area (Å²) in [5, 5.41) is 4.73. The number of hydrogen-bond acceptors (Lipinski definition) is 4. The Morgan fingerprint density at radius 2 is 1.89 bits per heavy atom. The van der Waals surface area contributed by atoms with Crippen LogP contribution in [0.5, 0.6) is 0 Å². The maximum Gasteiger partial charge on any atom is 0.254 e. The number of benzene rings is 1. The second-order valence-corrected chi connectivity index (χ2v) is 7.00. The SMILES string of the molecule is CN(C)c1cccc(C(=O)N2CCCn3nc(-c4ccncc4)cc3C2)c1. The molecule has 0 unspecified atom stereocenters. The molecule has 3 heterocycles. The first-order valence-electron chi connectivity index (χ1n) is 9.15. The molecule has 4 rings (SSSR count). The Labute approximate surface area is 159 Å². The highest BCUT2D eigenvalue weighted by molar-refractivity contribution is 5.95. The number of hydrogen-bond donors (Lipinski definition) is 0. The van der Waals surface area contributed by atoms with Gasteiger partial charge in [0.15, 0.2) is 0 Å². The third kappa shape index (κ3) is 3.56. The molecule has 0 saturated carbocycles. The first-order valence-corrected chi connectivity index (χ1v) is 9.15. The fourth-order valence-corrected chi connectivity index (χ4v) is 3.40. The number of pyridine rings is 1. The molecule has 0 saturated heterocycles. The highest BCUT2D eigenvalue weighted by atomic mass is 16.2. The lowest BCUT2D eigenvalue weighted by molar-refractivity contribution is 0.0746. The van der Waals surface area contributed by atoms with Crippen LogP contribution in [-0.2, 0) is 13.1 Å². The van der Waals surface area contributed by atoms with Crippen LogP contribution >= 0.6 is 0 Å². The average Bonchev–Trinajstić information content (AvgIpc) is 3.00. The van der Waals surface area contributed by atoms with E-state index >= 15 is 0 Å². The number of nitrogens with zero attached hydrogens (tertiary/aromatic N) is 5. The van der Waals surface area contributed by atoms with Crippen molar-refractivity contribution in [3.8, 4) is 11.3 Å². The molecule has 0 bridgehead atoms. The Bertz CT molecular complexity index is 948. The molecular formula is C21H23N5O. The van der Waals surface area contributed by atoms with Crippen LogP contribution in [0.2, 0.25) is 0 Å². The van der Waals surface area contributed by atoms with E-state index in [0.29, 0.717) is 6.54 Å². The van der Waals surface area contributed by atoms with Crippen molar-refractivity contribution in [1.82, 2.24) is 19.7 Å². The Morgan fingerprint density at radius 1 is 1.07 bits per heavy atom. The Morgan fingerprint density at radius 3 is 2.67 bits per heavy atom. The summed E-state index contributed by atoms with van der Waals surface area (Å²) in [5.74, 6) is 0.0683. The molecular weight excluding hydrogens is 338 g/mol.